The van der Waals surface area contributed by atoms with Crippen LogP contribution in [0.1, 0.15) is 15.9 Å². The van der Waals surface area contributed by atoms with Crippen LogP contribution in [0.4, 0.5) is 8.78 Å². The van der Waals surface area contributed by atoms with Gasteiger partial charge in [-0.3, -0.25) is 4.79 Å². The molecule has 110 valence electrons. The van der Waals surface area contributed by atoms with Crippen molar-refractivity contribution in [2.75, 3.05) is 7.11 Å². The first kappa shape index (κ1) is 15.4. The van der Waals surface area contributed by atoms with Crippen LogP contribution in [0.2, 0.25) is 0 Å². The van der Waals surface area contributed by atoms with Crippen molar-refractivity contribution < 1.29 is 23.0 Å². The molecule has 0 spiro atoms. The largest absolute Gasteiger partial charge is 0.497 e. The van der Waals surface area contributed by atoms with E-state index >= 15 is 0 Å². The average molecular weight is 357 g/mol. The van der Waals surface area contributed by atoms with Crippen molar-refractivity contribution in [1.29, 1.82) is 0 Å². The fourth-order valence-corrected chi connectivity index (χ4v) is 2.29. The Morgan fingerprint density at radius 2 is 1.71 bits per heavy atom. The summed E-state index contributed by atoms with van der Waals surface area (Å²) in [6.45, 7) is -2.89. The van der Waals surface area contributed by atoms with E-state index in [0.29, 0.717) is 21.3 Å². The van der Waals surface area contributed by atoms with Crippen LogP contribution in [-0.4, -0.2) is 19.5 Å². The summed E-state index contributed by atoms with van der Waals surface area (Å²) in [5.41, 5.74) is 0.834. The summed E-state index contributed by atoms with van der Waals surface area (Å²) in [6.07, 6.45) is 0. The van der Waals surface area contributed by atoms with Crippen molar-refractivity contribution in [3.8, 4) is 11.5 Å². The summed E-state index contributed by atoms with van der Waals surface area (Å²) in [5, 5.41) is 0. The van der Waals surface area contributed by atoms with Crippen molar-refractivity contribution in [3.63, 3.8) is 0 Å². The van der Waals surface area contributed by atoms with Gasteiger partial charge < -0.3 is 9.47 Å². The molecule has 6 heteroatoms. The molecule has 0 heterocycles. The first-order valence-electron chi connectivity index (χ1n) is 5.94. The van der Waals surface area contributed by atoms with Gasteiger partial charge in [-0.1, -0.05) is 0 Å². The summed E-state index contributed by atoms with van der Waals surface area (Å²) in [7, 11) is 1.53. The third kappa shape index (κ3) is 3.78. The number of rotatable bonds is 5. The molecule has 0 N–H and O–H groups in total. The maximum atomic E-state index is 12.3. The van der Waals surface area contributed by atoms with Crippen molar-refractivity contribution >= 4 is 21.7 Å². The zero-order chi connectivity index (χ0) is 15.4. The van der Waals surface area contributed by atoms with Crippen LogP contribution in [-0.2, 0) is 0 Å². The third-order valence-corrected chi connectivity index (χ3v) is 3.42. The molecule has 0 saturated carbocycles. The Morgan fingerprint density at radius 1 is 1.10 bits per heavy atom. The minimum Gasteiger partial charge on any atom is -0.497 e. The number of ether oxygens (including phenoxy) is 2. The van der Waals surface area contributed by atoms with E-state index in [2.05, 4.69) is 20.7 Å². The molecule has 0 unspecified atom stereocenters. The van der Waals surface area contributed by atoms with E-state index in [1.807, 2.05) is 0 Å². The number of hydrogen-bond donors (Lipinski definition) is 0. The van der Waals surface area contributed by atoms with Crippen molar-refractivity contribution in [2.45, 2.75) is 6.61 Å². The van der Waals surface area contributed by atoms with E-state index in [9.17, 15) is 13.6 Å². The highest BCUT2D eigenvalue weighted by Crippen LogP contribution is 2.26. The Bertz CT molecular complexity index is 642. The van der Waals surface area contributed by atoms with Gasteiger partial charge in [-0.25, -0.2) is 0 Å². The van der Waals surface area contributed by atoms with Crippen LogP contribution in [0, 0.1) is 0 Å². The first-order valence-corrected chi connectivity index (χ1v) is 6.73. The second-order valence-corrected chi connectivity index (χ2v) is 4.93. The second-order valence-electron chi connectivity index (χ2n) is 4.08. The zero-order valence-electron chi connectivity index (χ0n) is 11.0. The Kier molecular flexibility index (Phi) is 4.90. The Labute approximate surface area is 128 Å². The lowest BCUT2D eigenvalue weighted by Gasteiger charge is -2.08. The average Bonchev–Trinajstić information content (AvgIpc) is 2.46. The maximum absolute atomic E-state index is 12.3. The number of alkyl halides is 2. The number of carbonyl (C=O) groups is 1. The molecular weight excluding hydrogens is 346 g/mol. The molecule has 3 nitrogen and oxygen atoms in total. The van der Waals surface area contributed by atoms with Gasteiger partial charge in [0, 0.05) is 15.6 Å². The van der Waals surface area contributed by atoms with Crippen molar-refractivity contribution in [1.82, 2.24) is 0 Å². The van der Waals surface area contributed by atoms with E-state index in [-0.39, 0.29) is 11.5 Å². The number of halogens is 3. The number of ketones is 1. The molecule has 0 atom stereocenters. The van der Waals surface area contributed by atoms with Gasteiger partial charge in [0.1, 0.15) is 11.5 Å². The highest BCUT2D eigenvalue weighted by Gasteiger charge is 2.14. The highest BCUT2D eigenvalue weighted by molar-refractivity contribution is 9.10. The lowest BCUT2D eigenvalue weighted by atomic mass is 10.0. The summed E-state index contributed by atoms with van der Waals surface area (Å²) in [5.74, 6) is 0.405. The molecule has 0 amide bonds. The topological polar surface area (TPSA) is 35.5 Å². The summed E-state index contributed by atoms with van der Waals surface area (Å²) in [4.78, 5) is 12.3. The van der Waals surface area contributed by atoms with Gasteiger partial charge in [0.25, 0.3) is 0 Å². The van der Waals surface area contributed by atoms with Crippen molar-refractivity contribution in [3.05, 3.63) is 58.1 Å². The monoisotopic (exact) mass is 356 g/mol. The number of methoxy groups -OCH3 is 1. The molecule has 0 aromatic heterocycles. The molecule has 0 bridgehead atoms. The summed E-state index contributed by atoms with van der Waals surface area (Å²) < 4.78 is 34.0. The summed E-state index contributed by atoms with van der Waals surface area (Å²) >= 11 is 3.31. The molecule has 0 aliphatic carbocycles. The molecular formula is C15H11BrF2O3. The van der Waals surface area contributed by atoms with Crippen LogP contribution in [0.5, 0.6) is 11.5 Å². The summed E-state index contributed by atoms with van der Waals surface area (Å²) in [6, 6.07) is 10.5. The molecule has 0 fully saturated rings. The van der Waals surface area contributed by atoms with E-state index in [4.69, 9.17) is 4.74 Å². The molecule has 0 radical (unpaired) electrons. The van der Waals surface area contributed by atoms with Gasteiger partial charge in [-0.2, -0.15) is 8.78 Å². The predicted molar refractivity (Wildman–Crippen MR) is 77.2 cm³/mol. The zero-order valence-corrected chi connectivity index (χ0v) is 12.6. The molecule has 0 aliphatic rings. The fourth-order valence-electron chi connectivity index (χ4n) is 1.75. The van der Waals surface area contributed by atoms with Crippen LogP contribution >= 0.6 is 15.9 Å². The number of benzene rings is 2. The molecule has 2 aromatic carbocycles. The normalized spacial score (nSPS) is 10.5. The van der Waals surface area contributed by atoms with Gasteiger partial charge in [0.15, 0.2) is 5.78 Å². The number of carbonyl (C=O) groups excluding carboxylic acids is 1. The van der Waals surface area contributed by atoms with Crippen LogP contribution in [0.3, 0.4) is 0 Å². The van der Waals surface area contributed by atoms with E-state index in [1.54, 1.807) is 18.2 Å². The fraction of sp³-hybridized carbons (Fsp3) is 0.133. The standard InChI is InChI=1S/C15H11BrF2O3/c1-20-11-6-7-12(13(16)8-11)14(19)9-2-4-10(5-3-9)21-15(17)18/h2-8,15H,1H3. The van der Waals surface area contributed by atoms with Crippen molar-refractivity contribution in [2.24, 2.45) is 0 Å². The van der Waals surface area contributed by atoms with Gasteiger partial charge in [0.05, 0.1) is 7.11 Å². The highest BCUT2D eigenvalue weighted by atomic mass is 79.9. The van der Waals surface area contributed by atoms with E-state index < -0.39 is 6.61 Å². The van der Waals surface area contributed by atoms with Crippen LogP contribution in [0.15, 0.2) is 46.9 Å². The van der Waals surface area contributed by atoms with Crippen LogP contribution < -0.4 is 9.47 Å². The lowest BCUT2D eigenvalue weighted by molar-refractivity contribution is -0.0498. The Hall–Kier alpha value is -1.95. The predicted octanol–water partition coefficient (Wildman–Crippen LogP) is 4.29. The van der Waals surface area contributed by atoms with Gasteiger partial charge in [-0.15, -0.1) is 0 Å². The molecule has 2 rings (SSSR count). The molecule has 0 aliphatic heterocycles. The molecule has 21 heavy (non-hydrogen) atoms. The quantitative estimate of drug-likeness (QED) is 0.749. The Balaban J connectivity index is 2.23. The second kappa shape index (κ2) is 6.67. The lowest BCUT2D eigenvalue weighted by Crippen LogP contribution is -2.04. The van der Waals surface area contributed by atoms with Gasteiger partial charge >= 0.3 is 6.61 Å². The number of hydrogen-bond acceptors (Lipinski definition) is 3. The van der Waals surface area contributed by atoms with Crippen LogP contribution in [0.25, 0.3) is 0 Å². The minimum absolute atomic E-state index is 0.00958. The third-order valence-electron chi connectivity index (χ3n) is 2.76. The molecule has 0 saturated heterocycles. The SMILES string of the molecule is COc1ccc(C(=O)c2ccc(OC(F)F)cc2)c(Br)c1. The smallest absolute Gasteiger partial charge is 0.387 e. The maximum Gasteiger partial charge on any atom is 0.387 e. The first-order chi connectivity index (χ1) is 10.0. The molecule has 2 aromatic rings. The van der Waals surface area contributed by atoms with Gasteiger partial charge in [-0.05, 0) is 58.4 Å². The minimum atomic E-state index is -2.89. The Morgan fingerprint density at radius 3 is 2.24 bits per heavy atom. The van der Waals surface area contributed by atoms with E-state index in [0.717, 1.165) is 0 Å². The van der Waals surface area contributed by atoms with E-state index in [1.165, 1.54) is 31.4 Å². The van der Waals surface area contributed by atoms with Gasteiger partial charge in [0.2, 0.25) is 0 Å².